The number of hydrogen-bond donors (Lipinski definition) is 1. The Hall–Kier alpha value is -1.46. The highest BCUT2D eigenvalue weighted by Gasteiger charge is 2.21. The van der Waals surface area contributed by atoms with Crippen molar-refractivity contribution in [3.8, 4) is 5.75 Å². The van der Waals surface area contributed by atoms with E-state index in [1.807, 2.05) is 38.4 Å². The number of nitrogens with zero attached hydrogens (tertiary/aromatic N) is 3. The van der Waals surface area contributed by atoms with Crippen LogP contribution in [0.1, 0.15) is 12.8 Å². The zero-order valence-electron chi connectivity index (χ0n) is 14.3. The molecule has 1 saturated heterocycles. The molecular weight excluding hydrogens is 312 g/mol. The van der Waals surface area contributed by atoms with Crippen LogP contribution in [-0.2, 0) is 0 Å². The summed E-state index contributed by atoms with van der Waals surface area (Å²) in [6, 6.07) is 8.03. The van der Waals surface area contributed by atoms with Crippen LogP contribution in [0.4, 0.5) is 0 Å². The van der Waals surface area contributed by atoms with Crippen LogP contribution >= 0.6 is 11.6 Å². The summed E-state index contributed by atoms with van der Waals surface area (Å²) in [4.78, 5) is 8.85. The normalized spacial score (nSPS) is 19.0. The molecule has 1 aromatic rings. The van der Waals surface area contributed by atoms with E-state index < -0.39 is 0 Å². The van der Waals surface area contributed by atoms with E-state index in [9.17, 15) is 0 Å². The standard InChI is InChI=1S/C17H27ClN4O/c1-19-17(20-13-15-5-4-10-21(15)2)22(3)11-12-23-16-8-6-14(18)7-9-16/h6-9,15H,4-5,10-13H2,1-3H3,(H,19,20). The van der Waals surface area contributed by atoms with Gasteiger partial charge in [0.15, 0.2) is 5.96 Å². The Morgan fingerprint density at radius 2 is 2.17 bits per heavy atom. The zero-order valence-corrected chi connectivity index (χ0v) is 15.0. The van der Waals surface area contributed by atoms with Crippen molar-refractivity contribution in [3.05, 3.63) is 29.3 Å². The third-order valence-electron chi connectivity index (χ3n) is 4.25. The molecule has 2 rings (SSSR count). The minimum Gasteiger partial charge on any atom is -0.492 e. The van der Waals surface area contributed by atoms with Crippen molar-refractivity contribution in [2.75, 3.05) is 47.4 Å². The van der Waals surface area contributed by atoms with Crippen molar-refractivity contribution in [2.24, 2.45) is 4.99 Å². The van der Waals surface area contributed by atoms with Crippen molar-refractivity contribution in [1.29, 1.82) is 0 Å². The van der Waals surface area contributed by atoms with Gasteiger partial charge in [-0.05, 0) is 50.7 Å². The molecule has 128 valence electrons. The summed E-state index contributed by atoms with van der Waals surface area (Å²) < 4.78 is 5.73. The second kappa shape index (κ2) is 8.99. The summed E-state index contributed by atoms with van der Waals surface area (Å²) in [5.41, 5.74) is 0. The van der Waals surface area contributed by atoms with Crippen LogP contribution in [0.2, 0.25) is 5.02 Å². The Bertz CT molecular complexity index is 506. The topological polar surface area (TPSA) is 40.1 Å². The number of guanidine groups is 1. The van der Waals surface area contributed by atoms with E-state index in [0.29, 0.717) is 12.6 Å². The molecule has 1 aliphatic rings. The summed E-state index contributed by atoms with van der Waals surface area (Å²) in [6.07, 6.45) is 2.54. The molecule has 1 unspecified atom stereocenters. The van der Waals surface area contributed by atoms with E-state index in [2.05, 4.69) is 27.2 Å². The maximum atomic E-state index is 5.86. The molecule has 1 heterocycles. The first kappa shape index (κ1) is 17.9. The van der Waals surface area contributed by atoms with Crippen molar-refractivity contribution < 1.29 is 4.74 Å². The zero-order chi connectivity index (χ0) is 16.7. The third-order valence-corrected chi connectivity index (χ3v) is 4.50. The lowest BCUT2D eigenvalue weighted by Gasteiger charge is -2.25. The number of halogens is 1. The SMILES string of the molecule is CN=C(NCC1CCCN1C)N(C)CCOc1ccc(Cl)cc1. The lowest BCUT2D eigenvalue weighted by molar-refractivity contribution is 0.277. The first-order valence-electron chi connectivity index (χ1n) is 8.10. The summed E-state index contributed by atoms with van der Waals surface area (Å²) >= 11 is 5.86. The highest BCUT2D eigenvalue weighted by atomic mass is 35.5. The average molecular weight is 339 g/mol. The number of ether oxygens (including phenoxy) is 1. The van der Waals surface area contributed by atoms with E-state index in [4.69, 9.17) is 16.3 Å². The molecule has 0 radical (unpaired) electrons. The van der Waals surface area contributed by atoms with Gasteiger partial charge in [-0.25, -0.2) is 0 Å². The molecule has 5 nitrogen and oxygen atoms in total. The van der Waals surface area contributed by atoms with Gasteiger partial charge in [-0.3, -0.25) is 4.99 Å². The fourth-order valence-corrected chi connectivity index (χ4v) is 2.89. The van der Waals surface area contributed by atoms with Crippen LogP contribution in [0, 0.1) is 0 Å². The molecule has 1 aliphatic heterocycles. The Morgan fingerprint density at radius 3 is 2.78 bits per heavy atom. The van der Waals surface area contributed by atoms with Gasteiger partial charge >= 0.3 is 0 Å². The molecule has 0 aromatic heterocycles. The fraction of sp³-hybridized carbons (Fsp3) is 0.588. The van der Waals surface area contributed by atoms with Crippen molar-refractivity contribution in [1.82, 2.24) is 15.1 Å². The van der Waals surface area contributed by atoms with Crippen LogP contribution in [0.25, 0.3) is 0 Å². The van der Waals surface area contributed by atoms with Gasteiger partial charge in [-0.15, -0.1) is 0 Å². The Balaban J connectivity index is 1.71. The fourth-order valence-electron chi connectivity index (χ4n) is 2.77. The van der Waals surface area contributed by atoms with Gasteiger partial charge < -0.3 is 19.9 Å². The first-order valence-corrected chi connectivity index (χ1v) is 8.48. The van der Waals surface area contributed by atoms with Gasteiger partial charge in [0.05, 0.1) is 6.54 Å². The van der Waals surface area contributed by atoms with Crippen LogP contribution in [-0.4, -0.2) is 69.2 Å². The van der Waals surface area contributed by atoms with Gasteiger partial charge in [0.1, 0.15) is 12.4 Å². The summed E-state index contributed by atoms with van der Waals surface area (Å²) in [6.45, 7) is 3.49. The van der Waals surface area contributed by atoms with Gasteiger partial charge in [-0.1, -0.05) is 11.6 Å². The summed E-state index contributed by atoms with van der Waals surface area (Å²) in [5.74, 6) is 1.74. The Labute approximate surface area is 144 Å². The molecule has 1 atom stereocenters. The molecule has 1 fully saturated rings. The molecule has 1 N–H and O–H groups in total. The van der Waals surface area contributed by atoms with Gasteiger partial charge in [0, 0.05) is 31.7 Å². The van der Waals surface area contributed by atoms with E-state index in [0.717, 1.165) is 29.8 Å². The third kappa shape index (κ3) is 5.59. The van der Waals surface area contributed by atoms with Gasteiger partial charge in [0.25, 0.3) is 0 Å². The number of aliphatic imine (C=N–C) groups is 1. The predicted molar refractivity (Wildman–Crippen MR) is 96.6 cm³/mol. The maximum absolute atomic E-state index is 5.86. The smallest absolute Gasteiger partial charge is 0.193 e. The predicted octanol–water partition coefficient (Wildman–Crippen LogP) is 2.32. The molecule has 1 aromatic carbocycles. The number of likely N-dealkylation sites (tertiary alicyclic amines) is 1. The molecule has 0 spiro atoms. The highest BCUT2D eigenvalue weighted by molar-refractivity contribution is 6.30. The Kier molecular flexibility index (Phi) is 6.99. The number of hydrogen-bond acceptors (Lipinski definition) is 3. The quantitative estimate of drug-likeness (QED) is 0.638. The largest absolute Gasteiger partial charge is 0.492 e. The molecule has 23 heavy (non-hydrogen) atoms. The number of rotatable bonds is 6. The molecule has 0 amide bonds. The molecule has 0 aliphatic carbocycles. The van der Waals surface area contributed by atoms with Gasteiger partial charge in [0.2, 0.25) is 0 Å². The lowest BCUT2D eigenvalue weighted by Crippen LogP contribution is -2.45. The van der Waals surface area contributed by atoms with Crippen LogP contribution in [0.15, 0.2) is 29.3 Å². The van der Waals surface area contributed by atoms with E-state index >= 15 is 0 Å². The maximum Gasteiger partial charge on any atom is 0.193 e. The minimum absolute atomic E-state index is 0.599. The van der Waals surface area contributed by atoms with Crippen molar-refractivity contribution in [3.63, 3.8) is 0 Å². The van der Waals surface area contributed by atoms with E-state index in [1.165, 1.54) is 19.4 Å². The average Bonchev–Trinajstić information content (AvgIpc) is 2.95. The second-order valence-electron chi connectivity index (χ2n) is 5.93. The highest BCUT2D eigenvalue weighted by Crippen LogP contribution is 2.15. The molecule has 6 heteroatoms. The van der Waals surface area contributed by atoms with E-state index in [-0.39, 0.29) is 0 Å². The minimum atomic E-state index is 0.599. The Morgan fingerprint density at radius 1 is 1.43 bits per heavy atom. The number of benzene rings is 1. The van der Waals surface area contributed by atoms with Crippen LogP contribution in [0.5, 0.6) is 5.75 Å². The lowest BCUT2D eigenvalue weighted by atomic mass is 10.2. The van der Waals surface area contributed by atoms with Crippen LogP contribution < -0.4 is 10.1 Å². The van der Waals surface area contributed by atoms with E-state index in [1.54, 1.807) is 0 Å². The van der Waals surface area contributed by atoms with Crippen molar-refractivity contribution in [2.45, 2.75) is 18.9 Å². The molecule has 0 saturated carbocycles. The second-order valence-corrected chi connectivity index (χ2v) is 6.37. The van der Waals surface area contributed by atoms with Crippen LogP contribution in [0.3, 0.4) is 0 Å². The monoisotopic (exact) mass is 338 g/mol. The summed E-state index contributed by atoms with van der Waals surface area (Å²) in [5, 5.41) is 4.18. The number of likely N-dealkylation sites (N-methyl/N-ethyl adjacent to an activating group) is 2. The van der Waals surface area contributed by atoms with Crippen molar-refractivity contribution >= 4 is 17.6 Å². The first-order chi connectivity index (χ1) is 11.1. The number of nitrogens with one attached hydrogen (secondary N) is 1. The van der Waals surface area contributed by atoms with Gasteiger partial charge in [-0.2, -0.15) is 0 Å². The molecule has 0 bridgehead atoms. The summed E-state index contributed by atoms with van der Waals surface area (Å²) in [7, 11) is 6.03. The molecular formula is C17H27ClN4O.